The second-order valence-corrected chi connectivity index (χ2v) is 4.96. The number of methoxy groups -OCH3 is 1. The first kappa shape index (κ1) is 13.1. The number of rotatable bonds is 5. The lowest BCUT2D eigenvalue weighted by molar-refractivity contribution is 0.407. The Kier molecular flexibility index (Phi) is 4.38. The lowest BCUT2D eigenvalue weighted by Gasteiger charge is -2.10. The summed E-state index contributed by atoms with van der Waals surface area (Å²) >= 11 is 3.39. The first-order chi connectivity index (χ1) is 8.72. The molecule has 1 aromatic carbocycles. The standard InChI is InChI=1S/C13H16BrN3O/c1-18-13-3-2-10(4-5-15)6-11(13)8-17-9-12(14)7-16-17/h2-3,6-7,9H,4-5,8,15H2,1H3. The van der Waals surface area contributed by atoms with Crippen LogP contribution < -0.4 is 10.5 Å². The van der Waals surface area contributed by atoms with Crippen LogP contribution in [0.25, 0.3) is 0 Å². The summed E-state index contributed by atoms with van der Waals surface area (Å²) in [4.78, 5) is 0. The van der Waals surface area contributed by atoms with Crippen molar-refractivity contribution in [3.8, 4) is 5.75 Å². The van der Waals surface area contributed by atoms with E-state index < -0.39 is 0 Å². The summed E-state index contributed by atoms with van der Waals surface area (Å²) in [5.74, 6) is 0.877. The van der Waals surface area contributed by atoms with Crippen molar-refractivity contribution in [1.82, 2.24) is 9.78 Å². The Balaban J connectivity index is 2.26. The first-order valence-electron chi connectivity index (χ1n) is 5.76. The number of nitrogens with zero attached hydrogens (tertiary/aromatic N) is 2. The maximum absolute atomic E-state index is 5.58. The van der Waals surface area contributed by atoms with Crippen LogP contribution in [0, 0.1) is 0 Å². The van der Waals surface area contributed by atoms with Gasteiger partial charge in [0.25, 0.3) is 0 Å². The van der Waals surface area contributed by atoms with Crippen molar-refractivity contribution in [2.75, 3.05) is 13.7 Å². The summed E-state index contributed by atoms with van der Waals surface area (Å²) in [5.41, 5.74) is 7.91. The van der Waals surface area contributed by atoms with E-state index in [1.165, 1.54) is 5.56 Å². The van der Waals surface area contributed by atoms with Crippen molar-refractivity contribution < 1.29 is 4.74 Å². The number of nitrogens with two attached hydrogens (primary N) is 1. The fraction of sp³-hybridized carbons (Fsp3) is 0.308. The van der Waals surface area contributed by atoms with Crippen LogP contribution in [0.4, 0.5) is 0 Å². The molecule has 5 heteroatoms. The third-order valence-electron chi connectivity index (χ3n) is 2.71. The minimum atomic E-state index is 0.652. The molecule has 0 fully saturated rings. The zero-order chi connectivity index (χ0) is 13.0. The van der Waals surface area contributed by atoms with Gasteiger partial charge in [0.1, 0.15) is 5.75 Å². The summed E-state index contributed by atoms with van der Waals surface area (Å²) in [7, 11) is 1.68. The molecule has 0 spiro atoms. The average Bonchev–Trinajstić information content (AvgIpc) is 2.76. The van der Waals surface area contributed by atoms with E-state index >= 15 is 0 Å². The number of ether oxygens (including phenoxy) is 1. The number of benzene rings is 1. The molecule has 2 rings (SSSR count). The highest BCUT2D eigenvalue weighted by atomic mass is 79.9. The molecule has 0 bridgehead atoms. The van der Waals surface area contributed by atoms with Crippen molar-refractivity contribution in [3.05, 3.63) is 46.2 Å². The molecule has 0 saturated heterocycles. The number of halogens is 1. The maximum Gasteiger partial charge on any atom is 0.123 e. The van der Waals surface area contributed by atoms with Crippen molar-refractivity contribution in [2.24, 2.45) is 5.73 Å². The second kappa shape index (κ2) is 6.02. The van der Waals surface area contributed by atoms with Gasteiger partial charge in [-0.3, -0.25) is 4.68 Å². The van der Waals surface area contributed by atoms with Gasteiger partial charge in [-0.05, 0) is 40.5 Å². The largest absolute Gasteiger partial charge is 0.496 e. The molecule has 0 aliphatic carbocycles. The quantitative estimate of drug-likeness (QED) is 0.921. The normalized spacial score (nSPS) is 10.6. The summed E-state index contributed by atoms with van der Waals surface area (Å²) in [6.07, 6.45) is 4.59. The molecular weight excluding hydrogens is 294 g/mol. The average molecular weight is 310 g/mol. The zero-order valence-corrected chi connectivity index (χ0v) is 11.9. The molecule has 0 unspecified atom stereocenters. The molecule has 4 nitrogen and oxygen atoms in total. The predicted octanol–water partition coefficient (Wildman–Crippen LogP) is 2.20. The molecule has 0 saturated carbocycles. The molecule has 0 radical (unpaired) electrons. The van der Waals surface area contributed by atoms with E-state index in [1.807, 2.05) is 23.0 Å². The van der Waals surface area contributed by atoms with Crippen molar-refractivity contribution >= 4 is 15.9 Å². The van der Waals surface area contributed by atoms with Gasteiger partial charge in [-0.1, -0.05) is 12.1 Å². The Morgan fingerprint density at radius 3 is 2.89 bits per heavy atom. The van der Waals surface area contributed by atoms with Crippen LogP contribution >= 0.6 is 15.9 Å². The molecule has 96 valence electrons. The monoisotopic (exact) mass is 309 g/mol. The van der Waals surface area contributed by atoms with Gasteiger partial charge in [0.2, 0.25) is 0 Å². The Morgan fingerprint density at radius 2 is 2.28 bits per heavy atom. The van der Waals surface area contributed by atoms with E-state index in [9.17, 15) is 0 Å². The fourth-order valence-corrected chi connectivity index (χ4v) is 2.20. The molecule has 1 heterocycles. The van der Waals surface area contributed by atoms with Crippen LogP contribution in [-0.4, -0.2) is 23.4 Å². The summed E-state index contributed by atoms with van der Waals surface area (Å²) in [5, 5.41) is 4.25. The van der Waals surface area contributed by atoms with E-state index in [-0.39, 0.29) is 0 Å². The number of hydrogen-bond acceptors (Lipinski definition) is 3. The highest BCUT2D eigenvalue weighted by molar-refractivity contribution is 9.10. The number of aromatic nitrogens is 2. The van der Waals surface area contributed by atoms with Gasteiger partial charge in [0, 0.05) is 11.8 Å². The second-order valence-electron chi connectivity index (χ2n) is 4.04. The van der Waals surface area contributed by atoms with Crippen LogP contribution in [0.1, 0.15) is 11.1 Å². The lowest BCUT2D eigenvalue weighted by Crippen LogP contribution is -2.06. The molecule has 0 atom stereocenters. The van der Waals surface area contributed by atoms with Crippen molar-refractivity contribution in [3.63, 3.8) is 0 Å². The molecule has 1 aromatic heterocycles. The third-order valence-corrected chi connectivity index (χ3v) is 3.12. The first-order valence-corrected chi connectivity index (χ1v) is 6.56. The Morgan fingerprint density at radius 1 is 1.44 bits per heavy atom. The third kappa shape index (κ3) is 3.11. The predicted molar refractivity (Wildman–Crippen MR) is 74.8 cm³/mol. The molecule has 2 aromatic rings. The van der Waals surface area contributed by atoms with Crippen molar-refractivity contribution in [1.29, 1.82) is 0 Å². The van der Waals surface area contributed by atoms with Gasteiger partial charge >= 0.3 is 0 Å². The van der Waals surface area contributed by atoms with Gasteiger partial charge in [-0.25, -0.2) is 0 Å². The maximum atomic E-state index is 5.58. The van der Waals surface area contributed by atoms with E-state index in [0.29, 0.717) is 13.1 Å². The smallest absolute Gasteiger partial charge is 0.123 e. The SMILES string of the molecule is COc1ccc(CCN)cc1Cn1cc(Br)cn1. The minimum Gasteiger partial charge on any atom is -0.496 e. The van der Waals surface area contributed by atoms with Crippen molar-refractivity contribution in [2.45, 2.75) is 13.0 Å². The van der Waals surface area contributed by atoms with Crippen LogP contribution in [0.2, 0.25) is 0 Å². The molecular formula is C13H16BrN3O. The number of hydrogen-bond donors (Lipinski definition) is 1. The molecule has 0 amide bonds. The fourth-order valence-electron chi connectivity index (χ4n) is 1.88. The van der Waals surface area contributed by atoms with E-state index in [4.69, 9.17) is 10.5 Å². The van der Waals surface area contributed by atoms with Crippen LogP contribution in [0.5, 0.6) is 5.75 Å². The highest BCUT2D eigenvalue weighted by Gasteiger charge is 2.06. The van der Waals surface area contributed by atoms with E-state index in [0.717, 1.165) is 22.2 Å². The van der Waals surface area contributed by atoms with Crippen LogP contribution in [0.3, 0.4) is 0 Å². The topological polar surface area (TPSA) is 53.1 Å². The lowest BCUT2D eigenvalue weighted by atomic mass is 10.1. The summed E-state index contributed by atoms with van der Waals surface area (Å²) < 4.78 is 8.21. The van der Waals surface area contributed by atoms with Gasteiger partial charge in [-0.15, -0.1) is 0 Å². The van der Waals surface area contributed by atoms with Crippen LogP contribution in [-0.2, 0) is 13.0 Å². The zero-order valence-electron chi connectivity index (χ0n) is 10.3. The molecule has 0 aliphatic heterocycles. The Bertz CT molecular complexity index is 525. The van der Waals surface area contributed by atoms with E-state index in [2.05, 4.69) is 27.1 Å². The van der Waals surface area contributed by atoms with E-state index in [1.54, 1.807) is 13.3 Å². The van der Waals surface area contributed by atoms with Gasteiger partial charge in [0.15, 0.2) is 0 Å². The Labute approximate surface area is 115 Å². The molecule has 2 N–H and O–H groups in total. The van der Waals surface area contributed by atoms with Gasteiger partial charge in [0.05, 0.1) is 24.3 Å². The van der Waals surface area contributed by atoms with Gasteiger partial charge in [-0.2, -0.15) is 5.10 Å². The highest BCUT2D eigenvalue weighted by Crippen LogP contribution is 2.21. The minimum absolute atomic E-state index is 0.652. The molecule has 18 heavy (non-hydrogen) atoms. The van der Waals surface area contributed by atoms with Gasteiger partial charge < -0.3 is 10.5 Å². The summed E-state index contributed by atoms with van der Waals surface area (Å²) in [6.45, 7) is 1.34. The van der Waals surface area contributed by atoms with Crippen LogP contribution in [0.15, 0.2) is 35.1 Å². The molecule has 0 aliphatic rings. The Hall–Kier alpha value is -1.33. The summed E-state index contributed by atoms with van der Waals surface area (Å²) in [6, 6.07) is 6.16.